The minimum atomic E-state index is -0.244. The largest absolute Gasteiger partial charge is 0.365 e. The van der Waals surface area contributed by atoms with Crippen molar-refractivity contribution in [1.29, 1.82) is 0 Å². The molecule has 0 aliphatic heterocycles. The maximum absolute atomic E-state index is 11.2. The molecule has 0 bridgehead atoms. The standard InChI is InChI=1S/C9H11N5O2/c1-6-13-7(14-16-6)2-3-10-8-9(15)12-5-4-11-8/h4-5H,2-3H2,1H3,(H,10,11)(H,12,15). The first-order valence-electron chi connectivity index (χ1n) is 4.82. The van der Waals surface area contributed by atoms with Crippen LogP contribution in [0, 0.1) is 6.92 Å². The van der Waals surface area contributed by atoms with Crippen molar-refractivity contribution in [3.05, 3.63) is 34.5 Å². The monoisotopic (exact) mass is 221 g/mol. The Morgan fingerprint density at radius 1 is 1.56 bits per heavy atom. The Balaban J connectivity index is 1.89. The van der Waals surface area contributed by atoms with Gasteiger partial charge in [-0.1, -0.05) is 5.16 Å². The summed E-state index contributed by atoms with van der Waals surface area (Å²) in [5.41, 5.74) is -0.244. The van der Waals surface area contributed by atoms with Crippen LogP contribution in [-0.4, -0.2) is 26.7 Å². The molecule has 0 saturated carbocycles. The average Bonchev–Trinajstić information content (AvgIpc) is 2.67. The van der Waals surface area contributed by atoms with E-state index in [1.807, 2.05) is 0 Å². The van der Waals surface area contributed by atoms with Gasteiger partial charge in [0.05, 0.1) is 0 Å². The number of hydrogen-bond donors (Lipinski definition) is 2. The SMILES string of the molecule is Cc1nc(CCNc2ncc[nH]c2=O)no1. The maximum atomic E-state index is 11.2. The Hall–Kier alpha value is -2.18. The number of rotatable bonds is 4. The Labute approximate surface area is 90.9 Å². The van der Waals surface area contributed by atoms with E-state index < -0.39 is 0 Å². The molecule has 0 aromatic carbocycles. The van der Waals surface area contributed by atoms with Crippen LogP contribution in [0.4, 0.5) is 5.82 Å². The molecule has 0 radical (unpaired) electrons. The van der Waals surface area contributed by atoms with Gasteiger partial charge >= 0.3 is 0 Å². The second-order valence-corrected chi connectivity index (χ2v) is 3.17. The number of aryl methyl sites for hydroxylation is 1. The fraction of sp³-hybridized carbons (Fsp3) is 0.333. The van der Waals surface area contributed by atoms with Crippen LogP contribution in [0.2, 0.25) is 0 Å². The van der Waals surface area contributed by atoms with Crippen LogP contribution in [0.15, 0.2) is 21.7 Å². The van der Waals surface area contributed by atoms with Crippen molar-refractivity contribution >= 4 is 5.82 Å². The molecule has 0 unspecified atom stereocenters. The fourth-order valence-corrected chi connectivity index (χ4v) is 1.21. The van der Waals surface area contributed by atoms with Crippen molar-refractivity contribution in [3.63, 3.8) is 0 Å². The van der Waals surface area contributed by atoms with Crippen LogP contribution in [0.5, 0.6) is 0 Å². The molecular weight excluding hydrogens is 210 g/mol. The topological polar surface area (TPSA) is 96.7 Å². The van der Waals surface area contributed by atoms with Crippen molar-refractivity contribution in [3.8, 4) is 0 Å². The van der Waals surface area contributed by atoms with Crippen molar-refractivity contribution in [1.82, 2.24) is 20.1 Å². The fourth-order valence-electron chi connectivity index (χ4n) is 1.21. The van der Waals surface area contributed by atoms with Gasteiger partial charge < -0.3 is 14.8 Å². The molecule has 0 saturated heterocycles. The number of nitrogens with one attached hydrogen (secondary N) is 2. The first-order chi connectivity index (χ1) is 7.75. The van der Waals surface area contributed by atoms with E-state index >= 15 is 0 Å². The van der Waals surface area contributed by atoms with Gasteiger partial charge in [0, 0.05) is 32.3 Å². The van der Waals surface area contributed by atoms with Gasteiger partial charge in [-0.25, -0.2) is 4.98 Å². The molecule has 0 fully saturated rings. The van der Waals surface area contributed by atoms with Gasteiger partial charge in [0.1, 0.15) is 0 Å². The number of nitrogens with zero attached hydrogens (tertiary/aromatic N) is 3. The molecule has 0 aliphatic rings. The highest BCUT2D eigenvalue weighted by Gasteiger charge is 2.03. The normalized spacial score (nSPS) is 10.3. The maximum Gasteiger partial charge on any atom is 0.290 e. The van der Waals surface area contributed by atoms with E-state index in [4.69, 9.17) is 4.52 Å². The third-order valence-corrected chi connectivity index (χ3v) is 1.92. The molecule has 2 aromatic rings. The molecule has 7 heteroatoms. The first kappa shape index (κ1) is 10.3. The van der Waals surface area contributed by atoms with Gasteiger partial charge in [-0.3, -0.25) is 4.79 Å². The van der Waals surface area contributed by atoms with Gasteiger partial charge in [0.15, 0.2) is 11.6 Å². The van der Waals surface area contributed by atoms with Crippen molar-refractivity contribution < 1.29 is 4.52 Å². The van der Waals surface area contributed by atoms with E-state index in [1.54, 1.807) is 6.92 Å². The molecule has 84 valence electrons. The van der Waals surface area contributed by atoms with E-state index in [-0.39, 0.29) is 5.56 Å². The molecular formula is C9H11N5O2. The molecule has 2 heterocycles. The van der Waals surface area contributed by atoms with Crippen LogP contribution in [0.1, 0.15) is 11.7 Å². The first-order valence-corrected chi connectivity index (χ1v) is 4.82. The van der Waals surface area contributed by atoms with E-state index in [1.165, 1.54) is 12.4 Å². The lowest BCUT2D eigenvalue weighted by Crippen LogP contribution is -2.17. The summed E-state index contributed by atoms with van der Waals surface area (Å²) in [6.07, 6.45) is 3.58. The summed E-state index contributed by atoms with van der Waals surface area (Å²) < 4.78 is 4.82. The minimum Gasteiger partial charge on any atom is -0.365 e. The predicted octanol–water partition coefficient (Wildman–Crippen LogP) is 0.116. The molecule has 0 atom stereocenters. The van der Waals surface area contributed by atoms with Gasteiger partial charge in [0.2, 0.25) is 5.89 Å². The molecule has 2 rings (SSSR count). The molecule has 7 nitrogen and oxygen atoms in total. The van der Waals surface area contributed by atoms with Crippen LogP contribution in [-0.2, 0) is 6.42 Å². The van der Waals surface area contributed by atoms with Crippen LogP contribution >= 0.6 is 0 Å². The summed E-state index contributed by atoms with van der Waals surface area (Å²) in [5, 5.41) is 6.63. The summed E-state index contributed by atoms with van der Waals surface area (Å²) in [4.78, 5) is 21.7. The van der Waals surface area contributed by atoms with E-state index in [0.29, 0.717) is 30.5 Å². The summed E-state index contributed by atoms with van der Waals surface area (Å²) >= 11 is 0. The highest BCUT2D eigenvalue weighted by Crippen LogP contribution is 1.96. The average molecular weight is 221 g/mol. The van der Waals surface area contributed by atoms with Crippen molar-refractivity contribution in [2.45, 2.75) is 13.3 Å². The lowest BCUT2D eigenvalue weighted by Gasteiger charge is -2.00. The van der Waals surface area contributed by atoms with Crippen LogP contribution < -0.4 is 10.9 Å². The lowest BCUT2D eigenvalue weighted by molar-refractivity contribution is 0.387. The number of hydrogen-bond acceptors (Lipinski definition) is 6. The smallest absolute Gasteiger partial charge is 0.290 e. The Morgan fingerprint density at radius 3 is 3.12 bits per heavy atom. The molecule has 0 amide bonds. The number of aromatic nitrogens is 4. The molecule has 2 aromatic heterocycles. The van der Waals surface area contributed by atoms with Gasteiger partial charge in [-0.05, 0) is 0 Å². The number of H-pyrrole nitrogens is 1. The summed E-state index contributed by atoms with van der Waals surface area (Å²) in [6.45, 7) is 2.26. The second-order valence-electron chi connectivity index (χ2n) is 3.17. The summed E-state index contributed by atoms with van der Waals surface area (Å²) in [7, 11) is 0. The summed E-state index contributed by atoms with van der Waals surface area (Å²) in [6, 6.07) is 0. The van der Waals surface area contributed by atoms with Crippen molar-refractivity contribution in [2.75, 3.05) is 11.9 Å². The quantitative estimate of drug-likeness (QED) is 0.760. The Morgan fingerprint density at radius 2 is 2.44 bits per heavy atom. The van der Waals surface area contributed by atoms with E-state index in [9.17, 15) is 4.79 Å². The predicted molar refractivity (Wildman–Crippen MR) is 56.1 cm³/mol. The lowest BCUT2D eigenvalue weighted by atomic mass is 10.4. The zero-order valence-electron chi connectivity index (χ0n) is 8.73. The minimum absolute atomic E-state index is 0.244. The van der Waals surface area contributed by atoms with Gasteiger partial charge in [0.25, 0.3) is 5.56 Å². The zero-order valence-corrected chi connectivity index (χ0v) is 8.73. The molecule has 2 N–H and O–H groups in total. The van der Waals surface area contributed by atoms with Crippen LogP contribution in [0.25, 0.3) is 0 Å². The van der Waals surface area contributed by atoms with E-state index in [0.717, 1.165) is 0 Å². The third kappa shape index (κ3) is 2.44. The molecule has 0 aliphatic carbocycles. The van der Waals surface area contributed by atoms with Gasteiger partial charge in [-0.15, -0.1) is 0 Å². The molecule has 16 heavy (non-hydrogen) atoms. The Kier molecular flexibility index (Phi) is 2.95. The van der Waals surface area contributed by atoms with Gasteiger partial charge in [-0.2, -0.15) is 4.98 Å². The summed E-state index contributed by atoms with van der Waals surface area (Å²) in [5.74, 6) is 1.44. The third-order valence-electron chi connectivity index (χ3n) is 1.92. The van der Waals surface area contributed by atoms with E-state index in [2.05, 4.69) is 25.4 Å². The second kappa shape index (κ2) is 4.56. The highest BCUT2D eigenvalue weighted by atomic mass is 16.5. The Bertz CT molecular complexity index is 518. The van der Waals surface area contributed by atoms with Crippen LogP contribution in [0.3, 0.4) is 0 Å². The highest BCUT2D eigenvalue weighted by molar-refractivity contribution is 5.29. The zero-order chi connectivity index (χ0) is 11.4. The molecule has 0 spiro atoms. The van der Waals surface area contributed by atoms with Crippen molar-refractivity contribution in [2.24, 2.45) is 0 Å². The number of anilines is 1. The number of aromatic amines is 1.